The predicted molar refractivity (Wildman–Crippen MR) is 118 cm³/mol. The minimum Gasteiger partial charge on any atom is -0.497 e. The third kappa shape index (κ3) is 4.50. The van der Waals surface area contributed by atoms with Crippen molar-refractivity contribution < 1.29 is 13.9 Å². The zero-order valence-electron chi connectivity index (χ0n) is 15.1. The van der Waals surface area contributed by atoms with Crippen LogP contribution < -0.4 is 10.1 Å². The highest BCUT2D eigenvalue weighted by atomic mass is 35.5. The molecule has 4 rings (SSSR count). The number of ether oxygens (including phenoxy) is 1. The van der Waals surface area contributed by atoms with Crippen LogP contribution in [0.2, 0.25) is 10.0 Å². The summed E-state index contributed by atoms with van der Waals surface area (Å²) in [5, 5.41) is 4.18. The lowest BCUT2D eigenvalue weighted by Crippen LogP contribution is -2.19. The molecule has 2 heterocycles. The highest BCUT2D eigenvalue weighted by Crippen LogP contribution is 2.32. The van der Waals surface area contributed by atoms with E-state index in [1.54, 1.807) is 31.4 Å². The Hall–Kier alpha value is -2.67. The first-order chi connectivity index (χ1) is 14.0. The van der Waals surface area contributed by atoms with Crippen LogP contribution in [-0.2, 0) is 4.79 Å². The van der Waals surface area contributed by atoms with Crippen molar-refractivity contribution >= 4 is 57.8 Å². The molecule has 1 aliphatic heterocycles. The summed E-state index contributed by atoms with van der Waals surface area (Å²) in [4.78, 5) is 17.2. The normalized spacial score (nSPS) is 16.4. The number of nitrogens with one attached hydrogen (secondary N) is 1. The maximum absolute atomic E-state index is 12.3. The molecule has 146 valence electrons. The van der Waals surface area contributed by atoms with Gasteiger partial charge in [-0.15, -0.1) is 0 Å². The lowest BCUT2D eigenvalue weighted by Gasteiger charge is -2.00. The third-order valence-electron chi connectivity index (χ3n) is 4.06. The molecule has 8 heteroatoms. The highest BCUT2D eigenvalue weighted by Gasteiger charge is 2.24. The number of nitrogens with zero attached hydrogens (tertiary/aromatic N) is 1. The van der Waals surface area contributed by atoms with Crippen molar-refractivity contribution in [3.05, 3.63) is 75.3 Å². The molecule has 2 aromatic carbocycles. The Morgan fingerprint density at radius 1 is 1.07 bits per heavy atom. The molecule has 3 aromatic rings. The zero-order valence-corrected chi connectivity index (χ0v) is 17.4. The van der Waals surface area contributed by atoms with E-state index < -0.39 is 0 Å². The van der Waals surface area contributed by atoms with Crippen LogP contribution in [0.5, 0.6) is 5.75 Å². The number of methoxy groups -OCH3 is 1. The molecule has 1 N–H and O–H groups in total. The number of benzene rings is 2. The number of hydrogen-bond donors (Lipinski definition) is 1. The van der Waals surface area contributed by atoms with Crippen LogP contribution in [0.3, 0.4) is 0 Å². The van der Waals surface area contributed by atoms with E-state index in [4.69, 9.17) is 32.4 Å². The van der Waals surface area contributed by atoms with Crippen LogP contribution in [0.15, 0.2) is 68.9 Å². The summed E-state index contributed by atoms with van der Waals surface area (Å²) in [5.41, 5.74) is 1.52. The Balaban J connectivity index is 1.52. The van der Waals surface area contributed by atoms with Crippen LogP contribution in [0.1, 0.15) is 5.76 Å². The summed E-state index contributed by atoms with van der Waals surface area (Å²) in [6, 6.07) is 16.1. The largest absolute Gasteiger partial charge is 0.497 e. The smallest absolute Gasteiger partial charge is 0.264 e. The first-order valence-corrected chi connectivity index (χ1v) is 10.1. The first-order valence-electron chi connectivity index (χ1n) is 8.51. The molecule has 0 unspecified atom stereocenters. The quantitative estimate of drug-likeness (QED) is 0.489. The molecule has 1 fully saturated rings. The Kier molecular flexibility index (Phi) is 5.67. The molecule has 0 spiro atoms. The average molecular weight is 445 g/mol. The Morgan fingerprint density at radius 2 is 1.86 bits per heavy atom. The van der Waals surface area contributed by atoms with E-state index in [0.29, 0.717) is 31.6 Å². The minimum absolute atomic E-state index is 0.227. The van der Waals surface area contributed by atoms with Gasteiger partial charge in [-0.1, -0.05) is 23.2 Å². The van der Waals surface area contributed by atoms with Crippen LogP contribution in [0, 0.1) is 0 Å². The molecule has 1 aliphatic rings. The number of thioether (sulfide) groups is 1. The number of aliphatic imine (C=N–C) groups is 1. The van der Waals surface area contributed by atoms with Crippen molar-refractivity contribution in [3.8, 4) is 17.1 Å². The van der Waals surface area contributed by atoms with Crippen LogP contribution in [-0.4, -0.2) is 18.2 Å². The summed E-state index contributed by atoms with van der Waals surface area (Å²) in [7, 11) is 1.60. The van der Waals surface area contributed by atoms with Crippen LogP contribution in [0.4, 0.5) is 5.69 Å². The van der Waals surface area contributed by atoms with Crippen molar-refractivity contribution in [1.82, 2.24) is 5.32 Å². The monoisotopic (exact) mass is 444 g/mol. The van der Waals surface area contributed by atoms with Crippen molar-refractivity contribution in [1.29, 1.82) is 0 Å². The Morgan fingerprint density at radius 3 is 2.59 bits per heavy atom. The lowest BCUT2D eigenvalue weighted by molar-refractivity contribution is -0.115. The molecule has 5 nitrogen and oxygen atoms in total. The summed E-state index contributed by atoms with van der Waals surface area (Å²) in [5.74, 6) is 1.70. The molecule has 0 radical (unpaired) electrons. The molecule has 29 heavy (non-hydrogen) atoms. The van der Waals surface area contributed by atoms with Gasteiger partial charge in [0.2, 0.25) is 0 Å². The molecular weight excluding hydrogens is 431 g/mol. The van der Waals surface area contributed by atoms with Gasteiger partial charge >= 0.3 is 0 Å². The van der Waals surface area contributed by atoms with Crippen molar-refractivity contribution in [3.63, 3.8) is 0 Å². The van der Waals surface area contributed by atoms with Gasteiger partial charge in [-0.3, -0.25) is 4.79 Å². The Labute approximate surface area is 181 Å². The number of amidine groups is 1. The minimum atomic E-state index is -0.227. The van der Waals surface area contributed by atoms with Gasteiger partial charge in [-0.25, -0.2) is 4.99 Å². The highest BCUT2D eigenvalue weighted by molar-refractivity contribution is 8.18. The van der Waals surface area contributed by atoms with Crippen molar-refractivity contribution in [2.75, 3.05) is 7.11 Å². The maximum atomic E-state index is 12.3. The van der Waals surface area contributed by atoms with Gasteiger partial charge < -0.3 is 14.5 Å². The first kappa shape index (κ1) is 19.6. The van der Waals surface area contributed by atoms with E-state index in [1.165, 1.54) is 11.8 Å². The second-order valence-electron chi connectivity index (χ2n) is 6.01. The number of halogens is 2. The predicted octanol–water partition coefficient (Wildman–Crippen LogP) is 6.15. The summed E-state index contributed by atoms with van der Waals surface area (Å²) < 4.78 is 11.0. The second-order valence-corrected chi connectivity index (χ2v) is 7.86. The second kappa shape index (κ2) is 8.37. The number of hydrogen-bond acceptors (Lipinski definition) is 5. The maximum Gasteiger partial charge on any atom is 0.264 e. The molecule has 0 aliphatic carbocycles. The number of furan rings is 1. The third-order valence-corrected chi connectivity index (χ3v) is 5.71. The van der Waals surface area contributed by atoms with Gasteiger partial charge in [0, 0.05) is 11.6 Å². The molecule has 0 bridgehead atoms. The summed E-state index contributed by atoms with van der Waals surface area (Å²) in [6.07, 6.45) is 1.68. The van der Waals surface area contributed by atoms with Gasteiger partial charge in [0.1, 0.15) is 17.3 Å². The van der Waals surface area contributed by atoms with Crippen molar-refractivity contribution in [2.24, 2.45) is 4.99 Å². The Bertz CT molecular complexity index is 1140. The lowest BCUT2D eigenvalue weighted by atomic mass is 10.2. The molecule has 1 saturated heterocycles. The fourth-order valence-corrected chi connectivity index (χ4v) is 3.74. The molecule has 1 amide bonds. The SMILES string of the molecule is COc1ccc(N=C2NC(=O)/C(=C/c3ccc(-c4ccc(Cl)c(Cl)c4)o3)S2)cc1. The van der Waals surface area contributed by atoms with Crippen LogP contribution >= 0.6 is 35.0 Å². The summed E-state index contributed by atoms with van der Waals surface area (Å²) in [6.45, 7) is 0. The van der Waals surface area contributed by atoms with Gasteiger partial charge in [0.05, 0.1) is 27.7 Å². The average Bonchev–Trinajstić information content (AvgIpc) is 3.32. The number of amides is 1. The molecular formula is C21H14Cl2N2O3S. The fraction of sp³-hybridized carbons (Fsp3) is 0.0476. The number of carbonyl (C=O) groups excluding carboxylic acids is 1. The van der Waals surface area contributed by atoms with E-state index in [2.05, 4.69) is 10.3 Å². The number of carbonyl (C=O) groups is 1. The summed E-state index contributed by atoms with van der Waals surface area (Å²) >= 11 is 13.3. The molecule has 1 aromatic heterocycles. The van der Waals surface area contributed by atoms with E-state index >= 15 is 0 Å². The topological polar surface area (TPSA) is 63.8 Å². The van der Waals surface area contributed by atoms with Crippen molar-refractivity contribution in [2.45, 2.75) is 0 Å². The van der Waals surface area contributed by atoms with Gasteiger partial charge in [-0.2, -0.15) is 0 Å². The van der Waals surface area contributed by atoms with E-state index in [0.717, 1.165) is 17.0 Å². The molecule has 0 saturated carbocycles. The zero-order chi connectivity index (χ0) is 20.4. The van der Waals surface area contributed by atoms with Gasteiger partial charge in [0.15, 0.2) is 5.17 Å². The fourth-order valence-electron chi connectivity index (χ4n) is 2.62. The molecule has 0 atom stereocenters. The van der Waals surface area contributed by atoms with E-state index in [1.807, 2.05) is 36.4 Å². The van der Waals surface area contributed by atoms with Gasteiger partial charge in [0.25, 0.3) is 5.91 Å². The number of rotatable bonds is 4. The van der Waals surface area contributed by atoms with Crippen LogP contribution in [0.25, 0.3) is 17.4 Å². The van der Waals surface area contributed by atoms with E-state index in [-0.39, 0.29) is 5.91 Å². The van der Waals surface area contributed by atoms with E-state index in [9.17, 15) is 4.79 Å². The van der Waals surface area contributed by atoms with Gasteiger partial charge in [-0.05, 0) is 66.4 Å². The standard InChI is InChI=1S/C21H14Cl2N2O3S/c1-27-14-5-3-13(4-6-14)24-21-25-20(26)19(29-21)11-15-7-9-18(28-15)12-2-8-16(22)17(23)10-12/h2-11H,1H3,(H,24,25,26)/b19-11-.